The first kappa shape index (κ1) is 33.1. The standard InChI is InChI=1S/C35H38N4O8/c1-7-19-15(2)23(39-34(19)45)12-22-17(4)21(8-9-27(42)43)31(37-22)29-30(35(46)47-6)33(44)28-18(5)24(38-32(28)29)13-25-20(10-11-40)16(3)26(14-41)36-25/h7,12,14,29-30,36-38,40H,1,8-11,13H2,2-6H3,(H,39,45)(H,42,43)/b23-12-. The zero-order chi connectivity index (χ0) is 34.3. The number of esters is 1. The van der Waals surface area contributed by atoms with Crippen LogP contribution in [0.1, 0.15) is 96.4 Å². The summed E-state index contributed by atoms with van der Waals surface area (Å²) in [4.78, 5) is 73.1. The van der Waals surface area contributed by atoms with Crippen LogP contribution in [0.3, 0.4) is 0 Å². The number of allylic oxidation sites excluding steroid dienone is 1. The second kappa shape index (κ2) is 12.9. The molecule has 6 N–H and O–H groups in total. The minimum Gasteiger partial charge on any atom is -0.481 e. The molecule has 0 saturated heterocycles. The first-order valence-electron chi connectivity index (χ1n) is 15.3. The van der Waals surface area contributed by atoms with Gasteiger partial charge in [-0.25, -0.2) is 0 Å². The second-order valence-electron chi connectivity index (χ2n) is 12.0. The lowest BCUT2D eigenvalue weighted by atomic mass is 9.87. The third-order valence-electron chi connectivity index (χ3n) is 9.50. The molecule has 12 heteroatoms. The van der Waals surface area contributed by atoms with Crippen LogP contribution in [0, 0.1) is 26.7 Å². The summed E-state index contributed by atoms with van der Waals surface area (Å²) in [6.45, 7) is 10.8. The largest absolute Gasteiger partial charge is 0.481 e. The molecule has 2 aliphatic rings. The number of aliphatic hydroxyl groups excluding tert-OH is 1. The number of hydrogen-bond donors (Lipinski definition) is 6. The summed E-state index contributed by atoms with van der Waals surface area (Å²) in [6.07, 6.45) is 4.54. The van der Waals surface area contributed by atoms with Gasteiger partial charge >= 0.3 is 11.9 Å². The van der Waals surface area contributed by atoms with E-state index in [9.17, 15) is 34.2 Å². The highest BCUT2D eigenvalue weighted by Crippen LogP contribution is 2.47. The molecule has 0 bridgehead atoms. The van der Waals surface area contributed by atoms with Crippen molar-refractivity contribution in [3.63, 3.8) is 0 Å². The molecular formula is C35H38N4O8. The number of carbonyl (C=O) groups is 5. The summed E-state index contributed by atoms with van der Waals surface area (Å²) in [5, 5.41) is 22.1. The van der Waals surface area contributed by atoms with Crippen molar-refractivity contribution in [1.29, 1.82) is 0 Å². The Kier molecular flexibility index (Phi) is 9.08. The number of aromatic amines is 3. The molecule has 3 aromatic rings. The summed E-state index contributed by atoms with van der Waals surface area (Å²) in [6, 6.07) is 0. The number of carboxylic acids is 1. The first-order valence-corrected chi connectivity index (χ1v) is 15.3. The fourth-order valence-electron chi connectivity index (χ4n) is 6.95. The van der Waals surface area contributed by atoms with Crippen LogP contribution in [-0.2, 0) is 38.4 Å². The maximum atomic E-state index is 14.0. The number of carbonyl (C=O) groups excluding carboxylic acids is 4. The van der Waals surface area contributed by atoms with Crippen molar-refractivity contribution >= 4 is 36.0 Å². The molecule has 0 fully saturated rings. The number of ether oxygens (including phenoxy) is 1. The number of aliphatic carboxylic acids is 1. The summed E-state index contributed by atoms with van der Waals surface area (Å²) in [5.74, 6) is -4.51. The van der Waals surface area contributed by atoms with Crippen LogP contribution in [0.5, 0.6) is 0 Å². The predicted molar refractivity (Wildman–Crippen MR) is 172 cm³/mol. The maximum Gasteiger partial charge on any atom is 0.317 e. The number of ketones is 1. The van der Waals surface area contributed by atoms with Crippen molar-refractivity contribution in [3.8, 4) is 0 Å². The molecule has 246 valence electrons. The average molecular weight is 643 g/mol. The van der Waals surface area contributed by atoms with Crippen molar-refractivity contribution in [2.45, 2.75) is 59.3 Å². The number of nitrogens with one attached hydrogen (secondary N) is 4. The Morgan fingerprint density at radius 3 is 2.23 bits per heavy atom. The SMILES string of the molecule is C=CC1=C(C)/C(=C/c2[nH]c(C3c4[nH]c(Cc5[nH]c(C=O)c(C)c5CCO)c(C)c4C(=O)C3C(=O)OC)c(CCC(=O)O)c2C)NC1=O. The van der Waals surface area contributed by atoms with Crippen LogP contribution >= 0.6 is 0 Å². The lowest BCUT2D eigenvalue weighted by molar-refractivity contribution is -0.144. The molecule has 0 aromatic carbocycles. The Labute approximate surface area is 271 Å². The third-order valence-corrected chi connectivity index (χ3v) is 9.50. The van der Waals surface area contributed by atoms with Crippen molar-refractivity contribution in [3.05, 3.63) is 97.0 Å². The highest BCUT2D eigenvalue weighted by atomic mass is 16.5. The summed E-state index contributed by atoms with van der Waals surface area (Å²) >= 11 is 0. The van der Waals surface area contributed by atoms with Gasteiger partial charge in [0, 0.05) is 64.8 Å². The molecule has 47 heavy (non-hydrogen) atoms. The van der Waals surface area contributed by atoms with Crippen molar-refractivity contribution in [1.82, 2.24) is 20.3 Å². The normalized spacial score (nSPS) is 18.2. The van der Waals surface area contributed by atoms with E-state index in [-0.39, 0.29) is 25.4 Å². The van der Waals surface area contributed by atoms with E-state index in [0.29, 0.717) is 80.4 Å². The van der Waals surface area contributed by atoms with E-state index in [1.54, 1.807) is 19.9 Å². The molecule has 4 heterocycles. The zero-order valence-corrected chi connectivity index (χ0v) is 27.0. The van der Waals surface area contributed by atoms with Crippen molar-refractivity contribution < 1.29 is 38.9 Å². The van der Waals surface area contributed by atoms with E-state index in [1.165, 1.54) is 13.2 Å². The van der Waals surface area contributed by atoms with Crippen molar-refractivity contribution in [2.24, 2.45) is 5.92 Å². The van der Waals surface area contributed by atoms with Gasteiger partial charge in [0.1, 0.15) is 5.92 Å². The smallest absolute Gasteiger partial charge is 0.317 e. The van der Waals surface area contributed by atoms with Gasteiger partial charge in [-0.05, 0) is 80.0 Å². The first-order chi connectivity index (χ1) is 22.4. The van der Waals surface area contributed by atoms with E-state index < -0.39 is 29.6 Å². The number of Topliss-reactive ketones (excluding diaryl/α,β-unsaturated/α-hetero) is 1. The number of H-pyrrole nitrogens is 3. The Bertz CT molecular complexity index is 1910. The number of carboxylic acid groups (broad SMARTS) is 1. The monoisotopic (exact) mass is 642 g/mol. The Balaban J connectivity index is 1.68. The van der Waals surface area contributed by atoms with Crippen LogP contribution in [0.15, 0.2) is 29.5 Å². The molecule has 3 aromatic heterocycles. The van der Waals surface area contributed by atoms with E-state index in [1.807, 2.05) is 13.8 Å². The van der Waals surface area contributed by atoms with Crippen LogP contribution < -0.4 is 5.32 Å². The van der Waals surface area contributed by atoms with Gasteiger partial charge in [-0.15, -0.1) is 0 Å². The number of aliphatic hydroxyl groups is 1. The Morgan fingerprint density at radius 2 is 1.64 bits per heavy atom. The van der Waals surface area contributed by atoms with Gasteiger partial charge in [0.15, 0.2) is 12.1 Å². The lowest BCUT2D eigenvalue weighted by Crippen LogP contribution is -2.27. The van der Waals surface area contributed by atoms with E-state index in [2.05, 4.69) is 26.8 Å². The van der Waals surface area contributed by atoms with Gasteiger partial charge in [0.2, 0.25) is 0 Å². The fraction of sp³-hybridized carbons (Fsp3) is 0.343. The number of hydrogen-bond acceptors (Lipinski definition) is 7. The van der Waals surface area contributed by atoms with Gasteiger partial charge in [0.25, 0.3) is 5.91 Å². The molecule has 1 aliphatic heterocycles. The Hall–Kier alpha value is -5.23. The van der Waals surface area contributed by atoms with Crippen LogP contribution in [0.25, 0.3) is 6.08 Å². The minimum absolute atomic E-state index is 0.108. The fourth-order valence-corrected chi connectivity index (χ4v) is 6.95. The quantitative estimate of drug-likeness (QED) is 0.0979. The highest BCUT2D eigenvalue weighted by Gasteiger charge is 2.50. The molecule has 12 nitrogen and oxygen atoms in total. The second-order valence-corrected chi connectivity index (χ2v) is 12.0. The maximum absolute atomic E-state index is 14.0. The molecule has 2 unspecified atom stereocenters. The predicted octanol–water partition coefficient (Wildman–Crippen LogP) is 3.64. The van der Waals surface area contributed by atoms with Crippen LogP contribution in [0.4, 0.5) is 0 Å². The zero-order valence-electron chi connectivity index (χ0n) is 27.0. The molecule has 0 radical (unpaired) electrons. The number of aldehydes is 1. The number of fused-ring (bicyclic) bond motifs is 1. The molecule has 5 rings (SSSR count). The topological polar surface area (TPSA) is 194 Å². The van der Waals surface area contributed by atoms with E-state index >= 15 is 0 Å². The highest BCUT2D eigenvalue weighted by molar-refractivity contribution is 6.14. The van der Waals surface area contributed by atoms with Crippen LogP contribution in [-0.4, -0.2) is 68.8 Å². The minimum atomic E-state index is -1.23. The Morgan fingerprint density at radius 1 is 0.936 bits per heavy atom. The third kappa shape index (κ3) is 5.58. The van der Waals surface area contributed by atoms with Gasteiger partial charge in [-0.3, -0.25) is 24.0 Å². The summed E-state index contributed by atoms with van der Waals surface area (Å²) in [7, 11) is 1.22. The number of aromatic nitrogens is 3. The number of amides is 1. The molecule has 0 saturated carbocycles. The van der Waals surface area contributed by atoms with E-state index in [4.69, 9.17) is 4.74 Å². The number of methoxy groups -OCH3 is 1. The molecule has 1 aliphatic carbocycles. The lowest BCUT2D eigenvalue weighted by Gasteiger charge is -2.19. The van der Waals surface area contributed by atoms with Gasteiger partial charge in [0.05, 0.1) is 18.7 Å². The average Bonchev–Trinajstić information content (AvgIpc) is 3.77. The van der Waals surface area contributed by atoms with Gasteiger partial charge < -0.3 is 35.2 Å². The van der Waals surface area contributed by atoms with Crippen molar-refractivity contribution in [2.75, 3.05) is 13.7 Å². The molecule has 1 amide bonds. The summed E-state index contributed by atoms with van der Waals surface area (Å²) in [5.41, 5.74) is 9.02. The van der Waals surface area contributed by atoms with Crippen LogP contribution in [0.2, 0.25) is 0 Å². The van der Waals surface area contributed by atoms with Gasteiger partial charge in [-0.1, -0.05) is 12.7 Å². The molecular weight excluding hydrogens is 604 g/mol. The molecule has 0 spiro atoms. The molecule has 2 atom stereocenters. The summed E-state index contributed by atoms with van der Waals surface area (Å²) < 4.78 is 5.11. The number of rotatable bonds is 12. The van der Waals surface area contributed by atoms with Gasteiger partial charge in [-0.2, -0.15) is 0 Å². The van der Waals surface area contributed by atoms with E-state index in [0.717, 1.165) is 23.1 Å².